The Morgan fingerprint density at radius 3 is 2.44 bits per heavy atom. The van der Waals surface area contributed by atoms with E-state index in [1.54, 1.807) is 12.1 Å². The Morgan fingerprint density at radius 1 is 1.12 bits per heavy atom. The van der Waals surface area contributed by atoms with Crippen LogP contribution in [0.5, 0.6) is 0 Å². The van der Waals surface area contributed by atoms with Gasteiger partial charge in [-0.05, 0) is 17.7 Å². The minimum absolute atomic E-state index is 0.490. The molecule has 0 spiro atoms. The molecule has 1 heterocycles. The summed E-state index contributed by atoms with van der Waals surface area (Å²) in [6.07, 6.45) is 0.718. The third-order valence-corrected chi connectivity index (χ3v) is 2.31. The van der Waals surface area contributed by atoms with E-state index in [1.807, 2.05) is 36.4 Å². The Balaban J connectivity index is 2.28. The van der Waals surface area contributed by atoms with Gasteiger partial charge in [-0.25, -0.2) is 0 Å². The van der Waals surface area contributed by atoms with E-state index in [9.17, 15) is 5.11 Å². The maximum absolute atomic E-state index is 10.0. The quantitative estimate of drug-likeness (QED) is 0.825. The fourth-order valence-corrected chi connectivity index (χ4v) is 1.44. The Labute approximate surface area is 93.6 Å². The third-order valence-electron chi connectivity index (χ3n) is 2.31. The lowest BCUT2D eigenvalue weighted by Crippen LogP contribution is -2.01. The maximum atomic E-state index is 10.0. The Kier molecular flexibility index (Phi) is 2.95. The number of nitriles is 1. The second-order valence-electron chi connectivity index (χ2n) is 3.40. The van der Waals surface area contributed by atoms with Crippen LogP contribution in [0.15, 0.2) is 48.7 Å². The Bertz CT molecular complexity index is 500. The summed E-state index contributed by atoms with van der Waals surface area (Å²) in [5.74, 6) is 0. The minimum atomic E-state index is -0.742. The molecule has 1 aromatic heterocycles. The summed E-state index contributed by atoms with van der Waals surface area (Å²) < 4.78 is 0. The van der Waals surface area contributed by atoms with Crippen molar-refractivity contribution in [2.45, 2.75) is 6.10 Å². The number of aliphatic hydroxyl groups excluding tert-OH is 1. The van der Waals surface area contributed by atoms with E-state index in [-0.39, 0.29) is 0 Å². The number of nitrogens with zero attached hydrogens (tertiary/aromatic N) is 2. The maximum Gasteiger partial charge on any atom is 0.121 e. The van der Waals surface area contributed by atoms with Gasteiger partial charge >= 0.3 is 0 Å². The van der Waals surface area contributed by atoms with Gasteiger partial charge in [-0.15, -0.1) is 0 Å². The number of aromatic nitrogens is 1. The standard InChI is InChI=1S/C13H10N2O/c14-8-10-6-7-12(15-9-10)13(16)11-4-2-1-3-5-11/h1-7,9,13,16H. The van der Waals surface area contributed by atoms with Crippen LogP contribution in [-0.4, -0.2) is 10.1 Å². The van der Waals surface area contributed by atoms with Crippen LogP contribution in [0, 0.1) is 11.3 Å². The van der Waals surface area contributed by atoms with E-state index in [2.05, 4.69) is 4.98 Å². The van der Waals surface area contributed by atoms with Crippen LogP contribution >= 0.6 is 0 Å². The molecule has 2 rings (SSSR count). The van der Waals surface area contributed by atoms with E-state index in [0.29, 0.717) is 11.3 Å². The summed E-state index contributed by atoms with van der Waals surface area (Å²) in [6.45, 7) is 0. The van der Waals surface area contributed by atoms with Crippen molar-refractivity contribution in [1.29, 1.82) is 5.26 Å². The first-order valence-electron chi connectivity index (χ1n) is 4.90. The topological polar surface area (TPSA) is 56.9 Å². The second-order valence-corrected chi connectivity index (χ2v) is 3.40. The third kappa shape index (κ3) is 2.08. The van der Waals surface area contributed by atoms with Gasteiger partial charge in [-0.1, -0.05) is 30.3 Å². The fraction of sp³-hybridized carbons (Fsp3) is 0.0769. The van der Waals surface area contributed by atoms with Crippen molar-refractivity contribution in [3.05, 3.63) is 65.5 Å². The van der Waals surface area contributed by atoms with Gasteiger partial charge in [0.2, 0.25) is 0 Å². The largest absolute Gasteiger partial charge is 0.382 e. The zero-order chi connectivity index (χ0) is 11.4. The molecule has 0 fully saturated rings. The average molecular weight is 210 g/mol. The van der Waals surface area contributed by atoms with Gasteiger partial charge in [0, 0.05) is 6.20 Å². The molecule has 0 bridgehead atoms. The van der Waals surface area contributed by atoms with Crippen molar-refractivity contribution in [3.63, 3.8) is 0 Å². The Hall–Kier alpha value is -2.18. The lowest BCUT2D eigenvalue weighted by molar-refractivity contribution is 0.215. The van der Waals surface area contributed by atoms with E-state index in [0.717, 1.165) is 5.56 Å². The number of benzene rings is 1. The summed E-state index contributed by atoms with van der Waals surface area (Å²) in [6, 6.07) is 14.6. The van der Waals surface area contributed by atoms with E-state index in [1.165, 1.54) is 6.20 Å². The number of hydrogen-bond donors (Lipinski definition) is 1. The van der Waals surface area contributed by atoms with Crippen molar-refractivity contribution in [1.82, 2.24) is 4.98 Å². The fourth-order valence-electron chi connectivity index (χ4n) is 1.44. The summed E-state index contributed by atoms with van der Waals surface area (Å²) in [4.78, 5) is 4.05. The van der Waals surface area contributed by atoms with E-state index >= 15 is 0 Å². The highest BCUT2D eigenvalue weighted by Crippen LogP contribution is 2.19. The highest BCUT2D eigenvalue weighted by atomic mass is 16.3. The molecule has 1 N–H and O–H groups in total. The van der Waals surface area contributed by atoms with Crippen molar-refractivity contribution < 1.29 is 5.11 Å². The molecule has 0 saturated carbocycles. The first-order chi connectivity index (χ1) is 7.81. The first kappa shape index (κ1) is 10.3. The molecule has 1 unspecified atom stereocenters. The zero-order valence-corrected chi connectivity index (χ0v) is 8.54. The van der Waals surface area contributed by atoms with Crippen LogP contribution < -0.4 is 0 Å². The van der Waals surface area contributed by atoms with E-state index in [4.69, 9.17) is 5.26 Å². The predicted molar refractivity (Wildman–Crippen MR) is 59.5 cm³/mol. The van der Waals surface area contributed by atoms with E-state index < -0.39 is 6.10 Å². The van der Waals surface area contributed by atoms with Gasteiger partial charge in [0.1, 0.15) is 12.2 Å². The monoisotopic (exact) mass is 210 g/mol. The molecule has 78 valence electrons. The smallest absolute Gasteiger partial charge is 0.121 e. The van der Waals surface area contributed by atoms with Gasteiger partial charge in [0.15, 0.2) is 0 Å². The van der Waals surface area contributed by atoms with Gasteiger partial charge in [0.25, 0.3) is 0 Å². The number of aliphatic hydroxyl groups is 1. The highest BCUT2D eigenvalue weighted by molar-refractivity contribution is 5.30. The molecule has 3 nitrogen and oxygen atoms in total. The number of pyridine rings is 1. The molecule has 0 aliphatic heterocycles. The van der Waals surface area contributed by atoms with Crippen LogP contribution in [-0.2, 0) is 0 Å². The van der Waals surface area contributed by atoms with Crippen LogP contribution in [0.2, 0.25) is 0 Å². The lowest BCUT2D eigenvalue weighted by atomic mass is 10.1. The molecule has 0 radical (unpaired) electrons. The molecule has 1 atom stereocenters. The molecule has 2 aromatic rings. The zero-order valence-electron chi connectivity index (χ0n) is 8.54. The van der Waals surface area contributed by atoms with Crippen molar-refractivity contribution in [2.24, 2.45) is 0 Å². The molecule has 1 aromatic carbocycles. The summed E-state index contributed by atoms with van der Waals surface area (Å²) in [5, 5.41) is 18.6. The van der Waals surface area contributed by atoms with Crippen LogP contribution in [0.1, 0.15) is 22.9 Å². The normalized spacial score (nSPS) is 11.8. The van der Waals surface area contributed by atoms with Crippen LogP contribution in [0.25, 0.3) is 0 Å². The molecular weight excluding hydrogens is 200 g/mol. The number of hydrogen-bond acceptors (Lipinski definition) is 3. The van der Waals surface area contributed by atoms with Crippen LogP contribution in [0.3, 0.4) is 0 Å². The molecule has 0 aliphatic carbocycles. The summed E-state index contributed by atoms with van der Waals surface area (Å²) in [5.41, 5.74) is 1.83. The lowest BCUT2D eigenvalue weighted by Gasteiger charge is -2.09. The van der Waals surface area contributed by atoms with Crippen LogP contribution in [0.4, 0.5) is 0 Å². The molecule has 3 heteroatoms. The van der Waals surface area contributed by atoms with Gasteiger partial charge in [-0.2, -0.15) is 5.26 Å². The summed E-state index contributed by atoms with van der Waals surface area (Å²) in [7, 11) is 0. The summed E-state index contributed by atoms with van der Waals surface area (Å²) >= 11 is 0. The van der Waals surface area contributed by atoms with Crippen molar-refractivity contribution in [2.75, 3.05) is 0 Å². The minimum Gasteiger partial charge on any atom is -0.382 e. The molecular formula is C13H10N2O. The number of rotatable bonds is 2. The van der Waals surface area contributed by atoms with Crippen molar-refractivity contribution >= 4 is 0 Å². The first-order valence-corrected chi connectivity index (χ1v) is 4.90. The SMILES string of the molecule is N#Cc1ccc(C(O)c2ccccc2)nc1. The average Bonchev–Trinajstić information content (AvgIpc) is 2.39. The second kappa shape index (κ2) is 4.56. The molecule has 16 heavy (non-hydrogen) atoms. The van der Waals surface area contributed by atoms with Gasteiger partial charge in [-0.3, -0.25) is 4.98 Å². The predicted octanol–water partition coefficient (Wildman–Crippen LogP) is 2.03. The molecule has 0 amide bonds. The molecule has 0 aliphatic rings. The van der Waals surface area contributed by atoms with Gasteiger partial charge in [0.05, 0.1) is 11.3 Å². The van der Waals surface area contributed by atoms with Gasteiger partial charge < -0.3 is 5.11 Å². The Morgan fingerprint density at radius 2 is 1.88 bits per heavy atom. The molecule has 0 saturated heterocycles. The van der Waals surface area contributed by atoms with Crippen molar-refractivity contribution in [3.8, 4) is 6.07 Å². The highest BCUT2D eigenvalue weighted by Gasteiger charge is 2.10.